The second kappa shape index (κ2) is 5.85. The Bertz CT molecular complexity index is 328. The highest BCUT2D eigenvalue weighted by molar-refractivity contribution is 5.54. The number of hydrogen-bond donors (Lipinski definition) is 1. The molecule has 0 saturated heterocycles. The Morgan fingerprint density at radius 3 is 2.93 bits per heavy atom. The minimum atomic E-state index is 0.443. The Kier molecular flexibility index (Phi) is 4.40. The van der Waals surface area contributed by atoms with Crippen molar-refractivity contribution < 1.29 is 9.47 Å². The zero-order valence-corrected chi connectivity index (χ0v) is 8.99. The first-order chi connectivity index (χ1) is 7.33. The maximum atomic E-state index is 5.42. The lowest BCUT2D eigenvalue weighted by atomic mass is 10.4. The van der Waals surface area contributed by atoms with Gasteiger partial charge in [0.1, 0.15) is 6.33 Å². The first-order valence-electron chi connectivity index (χ1n) is 4.64. The van der Waals surface area contributed by atoms with Gasteiger partial charge in [-0.3, -0.25) is 0 Å². The number of hydrogen-bond acceptors (Lipinski definition) is 5. The molecule has 1 N–H and O–H groups in total. The van der Waals surface area contributed by atoms with Gasteiger partial charge in [0.25, 0.3) is 5.88 Å². The molecule has 0 radical (unpaired) electrons. The first-order valence-corrected chi connectivity index (χ1v) is 4.64. The van der Waals surface area contributed by atoms with Gasteiger partial charge < -0.3 is 14.8 Å². The fourth-order valence-corrected chi connectivity index (χ4v) is 1.06. The third-order valence-electron chi connectivity index (χ3n) is 1.77. The Balaban J connectivity index is 2.81. The first kappa shape index (κ1) is 11.3. The fourth-order valence-electron chi connectivity index (χ4n) is 1.06. The Labute approximate surface area is 89.1 Å². The SMILES string of the molecule is C=CCCOc1ncnc(NC)c1OC. The standard InChI is InChI=1S/C10H15N3O2/c1-4-5-6-15-10-8(14-3)9(11-2)12-7-13-10/h4,7H,1,5-6H2,2-3H3,(H,11,12,13). The predicted molar refractivity (Wildman–Crippen MR) is 58.4 cm³/mol. The summed E-state index contributed by atoms with van der Waals surface area (Å²) in [6.45, 7) is 4.14. The van der Waals surface area contributed by atoms with E-state index in [-0.39, 0.29) is 0 Å². The highest BCUT2D eigenvalue weighted by Gasteiger charge is 2.11. The van der Waals surface area contributed by atoms with Gasteiger partial charge in [0.05, 0.1) is 13.7 Å². The van der Waals surface area contributed by atoms with Crippen LogP contribution in [0.1, 0.15) is 6.42 Å². The molecule has 82 valence electrons. The molecule has 0 aliphatic heterocycles. The Morgan fingerprint density at radius 1 is 1.53 bits per heavy atom. The minimum absolute atomic E-state index is 0.443. The van der Waals surface area contributed by atoms with Crippen LogP contribution in [0.2, 0.25) is 0 Å². The van der Waals surface area contributed by atoms with Gasteiger partial charge in [0.15, 0.2) is 5.82 Å². The zero-order chi connectivity index (χ0) is 11.1. The molecule has 5 heteroatoms. The van der Waals surface area contributed by atoms with Crippen LogP contribution in [0.15, 0.2) is 19.0 Å². The molecule has 1 rings (SSSR count). The monoisotopic (exact) mass is 209 g/mol. The number of ether oxygens (including phenoxy) is 2. The number of rotatable bonds is 6. The van der Waals surface area contributed by atoms with Crippen LogP contribution in [-0.2, 0) is 0 Å². The second-order valence-corrected chi connectivity index (χ2v) is 2.74. The molecule has 0 bridgehead atoms. The van der Waals surface area contributed by atoms with Gasteiger partial charge in [-0.2, -0.15) is 4.98 Å². The van der Waals surface area contributed by atoms with Gasteiger partial charge in [0.2, 0.25) is 5.75 Å². The molecule has 0 fully saturated rings. The van der Waals surface area contributed by atoms with Gasteiger partial charge >= 0.3 is 0 Å². The predicted octanol–water partition coefficient (Wildman–Crippen LogP) is 1.48. The smallest absolute Gasteiger partial charge is 0.262 e. The molecule has 0 aliphatic rings. The molecular weight excluding hydrogens is 194 g/mol. The number of anilines is 1. The summed E-state index contributed by atoms with van der Waals surface area (Å²) >= 11 is 0. The Morgan fingerprint density at radius 2 is 2.33 bits per heavy atom. The lowest BCUT2D eigenvalue weighted by molar-refractivity contribution is 0.287. The van der Waals surface area contributed by atoms with Gasteiger partial charge in [-0.15, -0.1) is 6.58 Å². The summed E-state index contributed by atoms with van der Waals surface area (Å²) in [5, 5.41) is 2.90. The van der Waals surface area contributed by atoms with Crippen LogP contribution < -0.4 is 14.8 Å². The van der Waals surface area contributed by atoms with Crippen molar-refractivity contribution >= 4 is 5.82 Å². The molecule has 0 amide bonds. The third-order valence-corrected chi connectivity index (χ3v) is 1.77. The lowest BCUT2D eigenvalue weighted by Crippen LogP contribution is -2.04. The van der Waals surface area contributed by atoms with E-state index in [4.69, 9.17) is 9.47 Å². The van der Waals surface area contributed by atoms with Crippen molar-refractivity contribution in [3.63, 3.8) is 0 Å². The van der Waals surface area contributed by atoms with Crippen molar-refractivity contribution in [1.29, 1.82) is 0 Å². The average molecular weight is 209 g/mol. The maximum absolute atomic E-state index is 5.42. The van der Waals surface area contributed by atoms with E-state index in [2.05, 4.69) is 21.9 Å². The maximum Gasteiger partial charge on any atom is 0.262 e. The molecule has 0 aromatic carbocycles. The van der Waals surface area contributed by atoms with Crippen LogP contribution in [0.4, 0.5) is 5.82 Å². The molecule has 5 nitrogen and oxygen atoms in total. The summed E-state index contributed by atoms with van der Waals surface area (Å²) in [7, 11) is 3.32. The third kappa shape index (κ3) is 2.83. The molecule has 0 unspecified atom stereocenters. The van der Waals surface area contributed by atoms with E-state index < -0.39 is 0 Å². The van der Waals surface area contributed by atoms with E-state index in [0.717, 1.165) is 6.42 Å². The lowest BCUT2D eigenvalue weighted by Gasteiger charge is -2.11. The summed E-state index contributed by atoms with van der Waals surface area (Å²) in [6, 6.07) is 0. The summed E-state index contributed by atoms with van der Waals surface area (Å²) in [6.07, 6.45) is 3.98. The van der Waals surface area contributed by atoms with Crippen LogP contribution in [-0.4, -0.2) is 30.7 Å². The van der Waals surface area contributed by atoms with Crippen molar-refractivity contribution in [3.8, 4) is 11.6 Å². The van der Waals surface area contributed by atoms with Crippen LogP contribution in [0, 0.1) is 0 Å². The van der Waals surface area contributed by atoms with E-state index in [1.807, 2.05) is 0 Å². The van der Waals surface area contributed by atoms with Gasteiger partial charge in [-0.25, -0.2) is 4.98 Å². The topological polar surface area (TPSA) is 56.3 Å². The van der Waals surface area contributed by atoms with Crippen molar-refractivity contribution in [3.05, 3.63) is 19.0 Å². The second-order valence-electron chi connectivity index (χ2n) is 2.74. The Hall–Kier alpha value is -1.78. The van der Waals surface area contributed by atoms with Crippen LogP contribution in [0.3, 0.4) is 0 Å². The van der Waals surface area contributed by atoms with Crippen molar-refractivity contribution in [2.45, 2.75) is 6.42 Å². The van der Waals surface area contributed by atoms with Crippen molar-refractivity contribution in [2.75, 3.05) is 26.1 Å². The molecule has 1 aromatic rings. The molecule has 0 aliphatic carbocycles. The van der Waals surface area contributed by atoms with Crippen LogP contribution >= 0.6 is 0 Å². The molecule has 1 heterocycles. The number of aromatic nitrogens is 2. The highest BCUT2D eigenvalue weighted by atomic mass is 16.5. The van der Waals surface area contributed by atoms with Gasteiger partial charge in [-0.05, 0) is 6.42 Å². The number of methoxy groups -OCH3 is 1. The molecule has 0 spiro atoms. The molecule has 1 aromatic heterocycles. The van der Waals surface area contributed by atoms with E-state index in [9.17, 15) is 0 Å². The van der Waals surface area contributed by atoms with Gasteiger partial charge in [0, 0.05) is 7.05 Å². The molecule has 15 heavy (non-hydrogen) atoms. The molecule has 0 saturated carbocycles. The van der Waals surface area contributed by atoms with Crippen LogP contribution in [0.5, 0.6) is 11.6 Å². The molecular formula is C10H15N3O2. The van der Waals surface area contributed by atoms with Crippen molar-refractivity contribution in [2.24, 2.45) is 0 Å². The quantitative estimate of drug-likeness (QED) is 0.568. The summed E-state index contributed by atoms with van der Waals surface area (Å²) in [4.78, 5) is 8.01. The zero-order valence-electron chi connectivity index (χ0n) is 8.99. The normalized spacial score (nSPS) is 9.47. The van der Waals surface area contributed by atoms with E-state index in [1.165, 1.54) is 6.33 Å². The largest absolute Gasteiger partial charge is 0.489 e. The van der Waals surface area contributed by atoms with E-state index >= 15 is 0 Å². The minimum Gasteiger partial charge on any atom is -0.489 e. The molecule has 0 atom stereocenters. The summed E-state index contributed by atoms with van der Waals surface area (Å²) < 4.78 is 10.6. The fraction of sp³-hybridized carbons (Fsp3) is 0.400. The highest BCUT2D eigenvalue weighted by Crippen LogP contribution is 2.30. The van der Waals surface area contributed by atoms with E-state index in [1.54, 1.807) is 20.2 Å². The van der Waals surface area contributed by atoms with E-state index in [0.29, 0.717) is 24.1 Å². The summed E-state index contributed by atoms with van der Waals surface area (Å²) in [5.41, 5.74) is 0. The van der Waals surface area contributed by atoms with Gasteiger partial charge in [-0.1, -0.05) is 6.08 Å². The number of nitrogens with zero attached hydrogens (tertiary/aromatic N) is 2. The van der Waals surface area contributed by atoms with Crippen LogP contribution in [0.25, 0.3) is 0 Å². The van der Waals surface area contributed by atoms with Crippen molar-refractivity contribution in [1.82, 2.24) is 9.97 Å². The number of nitrogens with one attached hydrogen (secondary N) is 1. The summed E-state index contributed by atoms with van der Waals surface area (Å²) in [5.74, 6) is 1.57. The average Bonchev–Trinajstić information content (AvgIpc) is 2.29.